The second-order valence-electron chi connectivity index (χ2n) is 4.97. The molecule has 1 N–H and O–H groups in total. The van der Waals surface area contributed by atoms with Crippen LogP contribution in [0.15, 0.2) is 54.7 Å². The Morgan fingerprint density at radius 2 is 1.83 bits per heavy atom. The van der Waals surface area contributed by atoms with Crippen LogP contribution in [0, 0.1) is 0 Å². The number of halogens is 3. The van der Waals surface area contributed by atoms with Crippen LogP contribution < -0.4 is 5.32 Å². The van der Waals surface area contributed by atoms with Crippen molar-refractivity contribution in [3.63, 3.8) is 0 Å². The number of aromatic nitrogens is 2. The zero-order chi connectivity index (χ0) is 16.4. The first-order valence-corrected chi connectivity index (χ1v) is 6.82. The van der Waals surface area contributed by atoms with Crippen molar-refractivity contribution in [2.45, 2.75) is 12.7 Å². The molecule has 0 bridgehead atoms. The number of alkyl halides is 3. The maximum Gasteiger partial charge on any atom is 0.435 e. The van der Waals surface area contributed by atoms with Gasteiger partial charge in [0.2, 0.25) is 5.91 Å². The van der Waals surface area contributed by atoms with Gasteiger partial charge in [-0.3, -0.25) is 9.48 Å². The fraction of sp³-hybridized carbons (Fsp3) is 0.125. The predicted octanol–water partition coefficient (Wildman–Crippen LogP) is 3.69. The summed E-state index contributed by atoms with van der Waals surface area (Å²) in [5.41, 5.74) is -0.410. The van der Waals surface area contributed by atoms with Crippen LogP contribution in [0.3, 0.4) is 0 Å². The first kappa shape index (κ1) is 15.1. The van der Waals surface area contributed by atoms with Gasteiger partial charge in [-0.15, -0.1) is 0 Å². The second kappa shape index (κ2) is 5.75. The lowest BCUT2D eigenvalue weighted by Crippen LogP contribution is -2.20. The van der Waals surface area contributed by atoms with E-state index in [0.717, 1.165) is 27.7 Å². The first-order valence-electron chi connectivity index (χ1n) is 6.82. The van der Waals surface area contributed by atoms with Crippen molar-refractivity contribution in [3.05, 3.63) is 60.4 Å². The molecule has 23 heavy (non-hydrogen) atoms. The molecule has 0 aliphatic carbocycles. The van der Waals surface area contributed by atoms with E-state index in [9.17, 15) is 18.0 Å². The van der Waals surface area contributed by atoms with Crippen molar-refractivity contribution in [3.8, 4) is 0 Å². The van der Waals surface area contributed by atoms with Gasteiger partial charge in [-0.05, 0) is 17.5 Å². The molecule has 0 fully saturated rings. The van der Waals surface area contributed by atoms with Crippen LogP contribution in [-0.4, -0.2) is 15.7 Å². The third kappa shape index (κ3) is 3.33. The maximum absolute atomic E-state index is 12.5. The van der Waals surface area contributed by atoms with Gasteiger partial charge >= 0.3 is 6.18 Å². The van der Waals surface area contributed by atoms with Crippen molar-refractivity contribution in [2.24, 2.45) is 0 Å². The maximum atomic E-state index is 12.5. The molecule has 3 rings (SSSR count). The van der Waals surface area contributed by atoms with Gasteiger partial charge in [0.1, 0.15) is 6.54 Å². The van der Waals surface area contributed by atoms with Crippen LogP contribution in [0.1, 0.15) is 5.69 Å². The summed E-state index contributed by atoms with van der Waals surface area (Å²) in [7, 11) is 0. The van der Waals surface area contributed by atoms with Crippen LogP contribution in [-0.2, 0) is 17.5 Å². The lowest BCUT2D eigenvalue weighted by Gasteiger charge is -2.09. The van der Waals surface area contributed by atoms with Gasteiger partial charge in [0.25, 0.3) is 0 Å². The van der Waals surface area contributed by atoms with Crippen LogP contribution in [0.2, 0.25) is 0 Å². The molecule has 7 heteroatoms. The summed E-state index contributed by atoms with van der Waals surface area (Å²) in [4.78, 5) is 12.0. The molecule has 1 aromatic heterocycles. The van der Waals surface area contributed by atoms with Gasteiger partial charge < -0.3 is 5.32 Å². The van der Waals surface area contributed by atoms with Crippen molar-refractivity contribution in [1.82, 2.24) is 9.78 Å². The van der Waals surface area contributed by atoms with E-state index in [1.807, 2.05) is 30.3 Å². The van der Waals surface area contributed by atoms with E-state index in [4.69, 9.17) is 0 Å². The molecule has 0 saturated heterocycles. The highest BCUT2D eigenvalue weighted by Gasteiger charge is 2.33. The van der Waals surface area contributed by atoms with E-state index in [-0.39, 0.29) is 6.54 Å². The predicted molar refractivity (Wildman–Crippen MR) is 79.8 cm³/mol. The Kier molecular flexibility index (Phi) is 3.77. The average Bonchev–Trinajstić information content (AvgIpc) is 2.96. The van der Waals surface area contributed by atoms with Crippen LogP contribution in [0.4, 0.5) is 18.9 Å². The third-order valence-electron chi connectivity index (χ3n) is 3.30. The van der Waals surface area contributed by atoms with E-state index in [1.54, 1.807) is 12.1 Å². The van der Waals surface area contributed by atoms with Gasteiger partial charge in [-0.2, -0.15) is 18.3 Å². The van der Waals surface area contributed by atoms with Crippen LogP contribution >= 0.6 is 0 Å². The fourth-order valence-electron chi connectivity index (χ4n) is 2.27. The number of carbonyl (C=O) groups is 1. The Morgan fingerprint density at radius 3 is 2.57 bits per heavy atom. The Balaban J connectivity index is 1.75. The van der Waals surface area contributed by atoms with Crippen molar-refractivity contribution in [2.75, 3.05) is 5.32 Å². The van der Waals surface area contributed by atoms with Crippen molar-refractivity contribution in [1.29, 1.82) is 0 Å². The number of nitrogens with one attached hydrogen (secondary N) is 1. The summed E-state index contributed by atoms with van der Waals surface area (Å²) < 4.78 is 38.4. The minimum atomic E-state index is -4.52. The molecule has 4 nitrogen and oxygen atoms in total. The Morgan fingerprint density at radius 1 is 1.09 bits per heavy atom. The molecule has 0 aliphatic rings. The molecular formula is C16H12F3N3O. The number of benzene rings is 2. The summed E-state index contributed by atoms with van der Waals surface area (Å²) in [5, 5.41) is 7.88. The van der Waals surface area contributed by atoms with Gasteiger partial charge in [-0.25, -0.2) is 0 Å². The number of rotatable bonds is 3. The number of amides is 1. The highest BCUT2D eigenvalue weighted by atomic mass is 19.4. The van der Waals surface area contributed by atoms with E-state index in [0.29, 0.717) is 5.69 Å². The van der Waals surface area contributed by atoms with E-state index >= 15 is 0 Å². The average molecular weight is 319 g/mol. The molecule has 0 radical (unpaired) electrons. The number of hydrogen-bond donors (Lipinski definition) is 1. The van der Waals surface area contributed by atoms with E-state index in [1.165, 1.54) is 0 Å². The third-order valence-corrected chi connectivity index (χ3v) is 3.30. The zero-order valence-electron chi connectivity index (χ0n) is 11.8. The van der Waals surface area contributed by atoms with Crippen LogP contribution in [0.25, 0.3) is 10.8 Å². The molecule has 1 heterocycles. The van der Waals surface area contributed by atoms with Gasteiger partial charge in [0.05, 0.1) is 0 Å². The monoisotopic (exact) mass is 319 g/mol. The number of anilines is 1. The summed E-state index contributed by atoms with van der Waals surface area (Å²) in [5.74, 6) is -0.446. The molecule has 2 aromatic carbocycles. The molecule has 0 saturated carbocycles. The largest absolute Gasteiger partial charge is 0.435 e. The second-order valence-corrected chi connectivity index (χ2v) is 4.97. The summed E-state index contributed by atoms with van der Waals surface area (Å²) in [6, 6.07) is 13.8. The standard InChI is InChI=1S/C16H12F3N3O/c17-16(18,19)14-8-9-22(21-14)10-15(23)20-13-7-3-5-11-4-1-2-6-12(11)13/h1-9H,10H2,(H,20,23). The van der Waals surface area contributed by atoms with Gasteiger partial charge in [0, 0.05) is 17.3 Å². The minimum absolute atomic E-state index is 0.292. The Bertz CT molecular complexity index is 850. The smallest absolute Gasteiger partial charge is 0.324 e. The number of nitrogens with zero attached hydrogens (tertiary/aromatic N) is 2. The topological polar surface area (TPSA) is 46.9 Å². The number of fused-ring (bicyclic) bond motifs is 1. The molecule has 118 valence electrons. The molecule has 0 aliphatic heterocycles. The number of carbonyl (C=O) groups excluding carboxylic acids is 1. The summed E-state index contributed by atoms with van der Waals surface area (Å²) in [6.45, 7) is -0.292. The summed E-state index contributed by atoms with van der Waals surface area (Å²) >= 11 is 0. The lowest BCUT2D eigenvalue weighted by atomic mass is 10.1. The molecule has 0 unspecified atom stereocenters. The molecular weight excluding hydrogens is 307 g/mol. The fourth-order valence-corrected chi connectivity index (χ4v) is 2.27. The molecule has 1 amide bonds. The zero-order valence-corrected chi connectivity index (χ0v) is 11.8. The van der Waals surface area contributed by atoms with Crippen molar-refractivity contribution < 1.29 is 18.0 Å². The SMILES string of the molecule is O=C(Cn1ccc(C(F)(F)F)n1)Nc1cccc2ccccc12. The minimum Gasteiger partial charge on any atom is -0.324 e. The molecule has 0 spiro atoms. The Hall–Kier alpha value is -2.83. The highest BCUT2D eigenvalue weighted by molar-refractivity contribution is 6.01. The van der Waals surface area contributed by atoms with Gasteiger partial charge in [0.15, 0.2) is 5.69 Å². The van der Waals surface area contributed by atoms with E-state index in [2.05, 4.69) is 10.4 Å². The highest BCUT2D eigenvalue weighted by Crippen LogP contribution is 2.27. The summed E-state index contributed by atoms with van der Waals surface area (Å²) in [6.07, 6.45) is -3.39. The number of hydrogen-bond acceptors (Lipinski definition) is 2. The quantitative estimate of drug-likeness (QED) is 0.800. The van der Waals surface area contributed by atoms with E-state index < -0.39 is 17.8 Å². The first-order chi connectivity index (χ1) is 10.9. The Labute approximate surface area is 129 Å². The van der Waals surface area contributed by atoms with Crippen molar-refractivity contribution >= 4 is 22.4 Å². The molecule has 3 aromatic rings. The molecule has 0 atom stereocenters. The van der Waals surface area contributed by atoms with Gasteiger partial charge in [-0.1, -0.05) is 36.4 Å². The lowest BCUT2D eigenvalue weighted by molar-refractivity contribution is -0.141. The normalized spacial score (nSPS) is 11.6. The van der Waals surface area contributed by atoms with Crippen LogP contribution in [0.5, 0.6) is 0 Å².